The number of hydrogen-bond acceptors (Lipinski definition) is 4. The molecule has 0 saturated heterocycles. The lowest BCUT2D eigenvalue weighted by molar-refractivity contribution is 0.0602. The van der Waals surface area contributed by atoms with Crippen LogP contribution >= 0.6 is 15.9 Å². The van der Waals surface area contributed by atoms with Crippen molar-refractivity contribution < 1.29 is 14.3 Å². The van der Waals surface area contributed by atoms with E-state index in [4.69, 9.17) is 4.74 Å². The van der Waals surface area contributed by atoms with Gasteiger partial charge in [0, 0.05) is 22.4 Å². The zero-order chi connectivity index (χ0) is 14.5. The highest BCUT2D eigenvalue weighted by Crippen LogP contribution is 2.22. The van der Waals surface area contributed by atoms with Gasteiger partial charge in [-0.05, 0) is 30.3 Å². The zero-order valence-corrected chi connectivity index (χ0v) is 12.2. The molecule has 0 unspecified atom stereocenters. The SMILES string of the molecule is COC(=O)c1cc(Br)ccc1NC(=O)c1ccncc1. The molecular formula is C14H11BrN2O3. The van der Waals surface area contributed by atoms with Crippen LogP contribution in [-0.4, -0.2) is 24.0 Å². The van der Waals surface area contributed by atoms with E-state index in [-0.39, 0.29) is 11.5 Å². The maximum Gasteiger partial charge on any atom is 0.340 e. The van der Waals surface area contributed by atoms with Gasteiger partial charge in [0.1, 0.15) is 0 Å². The number of hydrogen-bond donors (Lipinski definition) is 1. The third-order valence-electron chi connectivity index (χ3n) is 2.58. The summed E-state index contributed by atoms with van der Waals surface area (Å²) >= 11 is 3.28. The molecule has 0 aliphatic heterocycles. The van der Waals surface area contributed by atoms with Crippen molar-refractivity contribution in [3.63, 3.8) is 0 Å². The van der Waals surface area contributed by atoms with Crippen molar-refractivity contribution in [2.45, 2.75) is 0 Å². The van der Waals surface area contributed by atoms with Gasteiger partial charge in [0.15, 0.2) is 0 Å². The number of nitrogens with one attached hydrogen (secondary N) is 1. The average molecular weight is 335 g/mol. The topological polar surface area (TPSA) is 68.3 Å². The number of benzene rings is 1. The smallest absolute Gasteiger partial charge is 0.340 e. The van der Waals surface area contributed by atoms with Crippen LogP contribution < -0.4 is 5.32 Å². The van der Waals surface area contributed by atoms with Gasteiger partial charge in [-0.2, -0.15) is 0 Å². The Morgan fingerprint density at radius 3 is 2.55 bits per heavy atom. The Hall–Kier alpha value is -2.21. The number of esters is 1. The maximum atomic E-state index is 12.1. The van der Waals surface area contributed by atoms with Crippen LogP contribution in [0.1, 0.15) is 20.7 Å². The summed E-state index contributed by atoms with van der Waals surface area (Å²) in [7, 11) is 1.29. The van der Waals surface area contributed by atoms with Crippen LogP contribution in [-0.2, 0) is 4.74 Å². The second kappa shape index (κ2) is 6.29. The fraction of sp³-hybridized carbons (Fsp3) is 0.0714. The minimum absolute atomic E-state index is 0.282. The molecule has 1 aromatic heterocycles. The van der Waals surface area contributed by atoms with Gasteiger partial charge in [-0.15, -0.1) is 0 Å². The van der Waals surface area contributed by atoms with Crippen molar-refractivity contribution in [3.05, 3.63) is 58.3 Å². The number of halogens is 1. The van der Waals surface area contributed by atoms with E-state index < -0.39 is 5.97 Å². The van der Waals surface area contributed by atoms with Crippen LogP contribution in [0, 0.1) is 0 Å². The summed E-state index contributed by atoms with van der Waals surface area (Å²) in [5.74, 6) is -0.837. The van der Waals surface area contributed by atoms with Crippen molar-refractivity contribution in [2.75, 3.05) is 12.4 Å². The van der Waals surface area contributed by atoms with Gasteiger partial charge >= 0.3 is 5.97 Å². The molecule has 0 bridgehead atoms. The van der Waals surface area contributed by atoms with E-state index in [1.165, 1.54) is 19.5 Å². The Morgan fingerprint density at radius 2 is 1.90 bits per heavy atom. The molecule has 2 rings (SSSR count). The number of anilines is 1. The van der Waals surface area contributed by atoms with Gasteiger partial charge in [-0.25, -0.2) is 4.79 Å². The normalized spacial score (nSPS) is 9.90. The first kappa shape index (κ1) is 14.2. The Kier molecular flexibility index (Phi) is 4.47. The summed E-state index contributed by atoms with van der Waals surface area (Å²) in [5.41, 5.74) is 1.13. The lowest BCUT2D eigenvalue weighted by Gasteiger charge is -2.10. The highest BCUT2D eigenvalue weighted by Gasteiger charge is 2.15. The molecule has 0 aliphatic carbocycles. The number of pyridine rings is 1. The highest BCUT2D eigenvalue weighted by molar-refractivity contribution is 9.10. The van der Waals surface area contributed by atoms with E-state index in [0.717, 1.165) is 4.47 Å². The van der Waals surface area contributed by atoms with E-state index >= 15 is 0 Å². The van der Waals surface area contributed by atoms with Crippen LogP contribution in [0.25, 0.3) is 0 Å². The molecule has 0 aliphatic rings. The zero-order valence-electron chi connectivity index (χ0n) is 10.6. The molecule has 0 radical (unpaired) electrons. The summed E-state index contributed by atoms with van der Waals surface area (Å²) in [6, 6.07) is 8.13. The van der Waals surface area contributed by atoms with Crippen molar-refractivity contribution >= 4 is 33.5 Å². The van der Waals surface area contributed by atoms with Crippen LogP contribution in [0.5, 0.6) is 0 Å². The van der Waals surface area contributed by atoms with Crippen LogP contribution in [0.2, 0.25) is 0 Å². The fourth-order valence-corrected chi connectivity index (χ4v) is 1.96. The molecule has 102 valence electrons. The van der Waals surface area contributed by atoms with Crippen molar-refractivity contribution in [1.82, 2.24) is 4.98 Å². The third kappa shape index (κ3) is 3.21. The number of aromatic nitrogens is 1. The Morgan fingerprint density at radius 1 is 1.20 bits per heavy atom. The monoisotopic (exact) mass is 334 g/mol. The lowest BCUT2D eigenvalue weighted by Crippen LogP contribution is -2.15. The maximum absolute atomic E-state index is 12.1. The number of rotatable bonds is 3. The molecule has 1 N–H and O–H groups in total. The standard InChI is InChI=1S/C14H11BrN2O3/c1-20-14(19)11-8-10(15)2-3-12(11)17-13(18)9-4-6-16-7-5-9/h2-8H,1H3,(H,17,18). The summed E-state index contributed by atoms with van der Waals surface area (Å²) < 4.78 is 5.42. The second-order valence-corrected chi connectivity index (χ2v) is 4.79. The molecule has 0 spiro atoms. The summed E-state index contributed by atoms with van der Waals surface area (Å²) in [4.78, 5) is 27.6. The first-order valence-corrected chi connectivity index (χ1v) is 6.50. The van der Waals surface area contributed by atoms with E-state index in [2.05, 4.69) is 26.2 Å². The number of carbonyl (C=O) groups is 2. The molecule has 1 aromatic carbocycles. The summed E-state index contributed by atoms with van der Waals surface area (Å²) in [6.07, 6.45) is 3.05. The molecule has 5 nitrogen and oxygen atoms in total. The molecule has 20 heavy (non-hydrogen) atoms. The summed E-state index contributed by atoms with van der Waals surface area (Å²) in [5, 5.41) is 2.68. The molecular weight excluding hydrogens is 324 g/mol. The molecule has 1 heterocycles. The molecule has 0 saturated carbocycles. The second-order valence-electron chi connectivity index (χ2n) is 3.87. The number of methoxy groups -OCH3 is 1. The predicted octanol–water partition coefficient (Wildman–Crippen LogP) is 2.88. The van der Waals surface area contributed by atoms with E-state index in [9.17, 15) is 9.59 Å². The minimum atomic E-state index is -0.517. The van der Waals surface area contributed by atoms with Gasteiger partial charge in [0.05, 0.1) is 18.4 Å². The largest absolute Gasteiger partial charge is 0.465 e. The van der Waals surface area contributed by atoms with Crippen molar-refractivity contribution in [3.8, 4) is 0 Å². The quantitative estimate of drug-likeness (QED) is 0.876. The van der Waals surface area contributed by atoms with Crippen LogP contribution in [0.4, 0.5) is 5.69 Å². The van der Waals surface area contributed by atoms with Gasteiger partial charge in [0.2, 0.25) is 0 Å². The minimum Gasteiger partial charge on any atom is -0.465 e. The number of nitrogens with zero attached hydrogens (tertiary/aromatic N) is 1. The summed E-state index contributed by atoms with van der Waals surface area (Å²) in [6.45, 7) is 0. The van der Waals surface area contributed by atoms with Crippen molar-refractivity contribution in [2.24, 2.45) is 0 Å². The predicted molar refractivity (Wildman–Crippen MR) is 77.7 cm³/mol. The van der Waals surface area contributed by atoms with Crippen LogP contribution in [0.15, 0.2) is 47.2 Å². The third-order valence-corrected chi connectivity index (χ3v) is 3.07. The van der Waals surface area contributed by atoms with E-state index in [1.807, 2.05) is 0 Å². The van der Waals surface area contributed by atoms with Crippen LogP contribution in [0.3, 0.4) is 0 Å². The average Bonchev–Trinajstić information content (AvgIpc) is 2.49. The molecule has 0 atom stereocenters. The Bertz CT molecular complexity index is 644. The lowest BCUT2D eigenvalue weighted by atomic mass is 10.1. The van der Waals surface area contributed by atoms with E-state index in [0.29, 0.717) is 11.3 Å². The van der Waals surface area contributed by atoms with Gasteiger partial charge in [-0.3, -0.25) is 9.78 Å². The first-order chi connectivity index (χ1) is 9.61. The fourth-order valence-electron chi connectivity index (χ4n) is 1.60. The van der Waals surface area contributed by atoms with Gasteiger partial charge in [-0.1, -0.05) is 15.9 Å². The Labute approximate surface area is 124 Å². The number of carbonyl (C=O) groups excluding carboxylic acids is 2. The molecule has 0 fully saturated rings. The molecule has 6 heteroatoms. The molecule has 2 aromatic rings. The number of amides is 1. The van der Waals surface area contributed by atoms with Gasteiger partial charge < -0.3 is 10.1 Å². The first-order valence-electron chi connectivity index (χ1n) is 5.71. The van der Waals surface area contributed by atoms with E-state index in [1.54, 1.807) is 30.3 Å². The number of ether oxygens (including phenoxy) is 1. The van der Waals surface area contributed by atoms with Crippen molar-refractivity contribution in [1.29, 1.82) is 0 Å². The highest BCUT2D eigenvalue weighted by atomic mass is 79.9. The van der Waals surface area contributed by atoms with Gasteiger partial charge in [0.25, 0.3) is 5.91 Å². The Balaban J connectivity index is 2.30. The molecule has 1 amide bonds.